The number of fused-ring (bicyclic) bond motifs is 1. The Hall–Kier alpha value is -4.41. The van der Waals surface area contributed by atoms with E-state index in [2.05, 4.69) is 42.0 Å². The van der Waals surface area contributed by atoms with Crippen LogP contribution in [0.25, 0.3) is 11.2 Å². The van der Waals surface area contributed by atoms with E-state index in [1.807, 2.05) is 13.0 Å². The summed E-state index contributed by atoms with van der Waals surface area (Å²) in [6, 6.07) is 14.4. The first-order valence-electron chi connectivity index (χ1n) is 11.3. The van der Waals surface area contributed by atoms with Crippen LogP contribution in [0.2, 0.25) is 0 Å². The summed E-state index contributed by atoms with van der Waals surface area (Å²) in [6.07, 6.45) is 1.15. The maximum absolute atomic E-state index is 12.2. The molecule has 0 aliphatic rings. The minimum atomic E-state index is -3.48. The van der Waals surface area contributed by atoms with Crippen molar-refractivity contribution in [1.29, 1.82) is 5.26 Å². The van der Waals surface area contributed by atoms with Gasteiger partial charge in [0.15, 0.2) is 11.3 Å². The van der Waals surface area contributed by atoms with Gasteiger partial charge in [-0.1, -0.05) is 12.1 Å². The van der Waals surface area contributed by atoms with Gasteiger partial charge < -0.3 is 25.7 Å². The van der Waals surface area contributed by atoms with Gasteiger partial charge >= 0.3 is 0 Å². The van der Waals surface area contributed by atoms with Crippen LogP contribution in [0.1, 0.15) is 11.5 Å². The van der Waals surface area contributed by atoms with Crippen molar-refractivity contribution in [3.63, 3.8) is 0 Å². The van der Waals surface area contributed by atoms with Crippen molar-refractivity contribution in [3.05, 3.63) is 54.0 Å². The Morgan fingerprint density at radius 1 is 1.05 bits per heavy atom. The molecule has 37 heavy (non-hydrogen) atoms. The summed E-state index contributed by atoms with van der Waals surface area (Å²) in [7, 11) is -0.374. The second-order valence-corrected chi connectivity index (χ2v) is 10.2. The van der Waals surface area contributed by atoms with Gasteiger partial charge in [-0.3, -0.25) is 4.31 Å². The van der Waals surface area contributed by atoms with E-state index in [9.17, 15) is 13.7 Å². The lowest BCUT2D eigenvalue weighted by atomic mass is 10.2. The molecule has 4 N–H and O–H groups in total. The van der Waals surface area contributed by atoms with E-state index in [1.54, 1.807) is 43.5 Å². The molecule has 0 spiro atoms. The van der Waals surface area contributed by atoms with Crippen LogP contribution in [-0.2, 0) is 14.8 Å². The van der Waals surface area contributed by atoms with Crippen molar-refractivity contribution in [2.75, 3.05) is 53.8 Å². The highest BCUT2D eigenvalue weighted by atomic mass is 32.2. The molecule has 192 valence electrons. The van der Waals surface area contributed by atoms with E-state index in [4.69, 9.17) is 4.74 Å². The lowest BCUT2D eigenvalue weighted by Crippen LogP contribution is -2.25. The molecule has 0 fully saturated rings. The minimum absolute atomic E-state index is 0.232. The molecule has 0 atom stereocenters. The second kappa shape index (κ2) is 10.7. The van der Waals surface area contributed by atoms with E-state index in [0.29, 0.717) is 64.5 Å². The number of benzene rings is 1. The van der Waals surface area contributed by atoms with Gasteiger partial charge in [0, 0.05) is 26.8 Å². The van der Waals surface area contributed by atoms with Crippen molar-refractivity contribution in [1.82, 2.24) is 19.9 Å². The number of imidazole rings is 1. The summed E-state index contributed by atoms with van der Waals surface area (Å²) in [5, 5.41) is 19.1. The Bertz CT molecular complexity index is 1580. The number of aryl methyl sites for hydroxylation is 1. The first kappa shape index (κ1) is 25.7. The highest BCUT2D eigenvalue weighted by molar-refractivity contribution is 7.92. The number of para-hydroxylation sites is 2. The molecule has 0 amide bonds. The van der Waals surface area contributed by atoms with Crippen molar-refractivity contribution in [2.24, 2.45) is 0 Å². The van der Waals surface area contributed by atoms with E-state index in [0.717, 1.165) is 6.26 Å². The molecule has 1 aromatic carbocycles. The zero-order valence-electron chi connectivity index (χ0n) is 20.8. The van der Waals surface area contributed by atoms with Crippen LogP contribution >= 0.6 is 0 Å². The molecule has 0 bridgehead atoms. The van der Waals surface area contributed by atoms with Gasteiger partial charge in [0.05, 0.1) is 35.6 Å². The van der Waals surface area contributed by atoms with Crippen molar-refractivity contribution in [2.45, 2.75) is 6.92 Å². The predicted octanol–water partition coefficient (Wildman–Crippen LogP) is 3.47. The van der Waals surface area contributed by atoms with Crippen molar-refractivity contribution in [3.8, 4) is 6.07 Å². The lowest BCUT2D eigenvalue weighted by molar-refractivity contribution is 0.211. The highest BCUT2D eigenvalue weighted by Gasteiger charge is 2.18. The van der Waals surface area contributed by atoms with E-state index in [1.165, 1.54) is 11.4 Å². The molecule has 0 saturated heterocycles. The smallest absolute Gasteiger partial charge is 0.232 e. The number of H-pyrrole nitrogens is 1. The van der Waals surface area contributed by atoms with Crippen LogP contribution in [0.5, 0.6) is 0 Å². The SMILES string of the molecule is COCCNc1ccc(Nc2cc(Nc3ccccc3N(C)S(C)(=O)=O)c3nc(C)[nH]c3n2)nc1C#N. The average molecular weight is 522 g/mol. The molecule has 0 radical (unpaired) electrons. The molecule has 0 unspecified atom stereocenters. The van der Waals surface area contributed by atoms with Crippen molar-refractivity contribution < 1.29 is 13.2 Å². The number of hydrogen-bond acceptors (Lipinski definition) is 10. The van der Waals surface area contributed by atoms with Crippen LogP contribution in [0.4, 0.5) is 34.4 Å². The van der Waals surface area contributed by atoms with Crippen LogP contribution in [0.3, 0.4) is 0 Å². The number of rotatable bonds is 10. The number of aromatic nitrogens is 4. The van der Waals surface area contributed by atoms with Gasteiger partial charge in [-0.15, -0.1) is 0 Å². The summed E-state index contributed by atoms with van der Waals surface area (Å²) in [5.41, 5.74) is 3.60. The number of nitrogens with one attached hydrogen (secondary N) is 4. The number of anilines is 6. The number of ether oxygens (including phenoxy) is 1. The van der Waals surface area contributed by atoms with Crippen LogP contribution in [-0.4, -0.2) is 61.9 Å². The molecule has 13 heteroatoms. The first-order valence-corrected chi connectivity index (χ1v) is 13.1. The third-order valence-electron chi connectivity index (χ3n) is 5.46. The van der Waals surface area contributed by atoms with Crippen LogP contribution in [0.15, 0.2) is 42.5 Å². The maximum Gasteiger partial charge on any atom is 0.232 e. The second-order valence-electron chi connectivity index (χ2n) is 8.20. The summed E-state index contributed by atoms with van der Waals surface area (Å²) >= 11 is 0. The third-order valence-corrected chi connectivity index (χ3v) is 6.65. The van der Waals surface area contributed by atoms with Gasteiger partial charge in [0.25, 0.3) is 0 Å². The zero-order chi connectivity index (χ0) is 26.6. The summed E-state index contributed by atoms with van der Waals surface area (Å²) in [6.45, 7) is 2.86. The van der Waals surface area contributed by atoms with E-state index in [-0.39, 0.29) is 5.69 Å². The minimum Gasteiger partial charge on any atom is -0.383 e. The van der Waals surface area contributed by atoms with Crippen LogP contribution < -0.4 is 20.3 Å². The van der Waals surface area contributed by atoms with Crippen LogP contribution in [0, 0.1) is 18.3 Å². The topological polar surface area (TPSA) is 161 Å². The van der Waals surface area contributed by atoms with Gasteiger partial charge in [-0.2, -0.15) is 5.26 Å². The number of nitriles is 1. The summed E-state index contributed by atoms with van der Waals surface area (Å²) in [5.74, 6) is 1.55. The molecule has 0 aliphatic heterocycles. The normalized spacial score (nSPS) is 11.2. The average Bonchev–Trinajstić information content (AvgIpc) is 3.24. The fourth-order valence-corrected chi connectivity index (χ4v) is 4.13. The molecular formula is C24H27N9O3S. The van der Waals surface area contributed by atoms with Gasteiger partial charge in [-0.05, 0) is 31.2 Å². The molecule has 3 heterocycles. The summed E-state index contributed by atoms with van der Waals surface area (Å²) in [4.78, 5) is 16.7. The molecule has 12 nitrogen and oxygen atoms in total. The number of nitrogens with zero attached hydrogens (tertiary/aromatic N) is 5. The van der Waals surface area contributed by atoms with Gasteiger partial charge in [-0.25, -0.2) is 23.4 Å². The van der Waals surface area contributed by atoms with Gasteiger partial charge in [0.2, 0.25) is 10.0 Å². The largest absolute Gasteiger partial charge is 0.383 e. The zero-order valence-corrected chi connectivity index (χ0v) is 21.6. The molecule has 4 rings (SSSR count). The van der Waals surface area contributed by atoms with Gasteiger partial charge in [0.1, 0.15) is 29.0 Å². The van der Waals surface area contributed by atoms with E-state index < -0.39 is 10.0 Å². The molecular weight excluding hydrogens is 494 g/mol. The lowest BCUT2D eigenvalue weighted by Gasteiger charge is -2.21. The number of hydrogen-bond donors (Lipinski definition) is 4. The number of sulfonamides is 1. The Morgan fingerprint density at radius 2 is 1.84 bits per heavy atom. The molecule has 3 aromatic heterocycles. The Kier molecular flexibility index (Phi) is 7.42. The molecule has 0 aliphatic carbocycles. The Morgan fingerprint density at radius 3 is 2.57 bits per heavy atom. The highest BCUT2D eigenvalue weighted by Crippen LogP contribution is 2.33. The monoisotopic (exact) mass is 521 g/mol. The fourth-order valence-electron chi connectivity index (χ4n) is 3.62. The Balaban J connectivity index is 1.69. The summed E-state index contributed by atoms with van der Waals surface area (Å²) < 4.78 is 30.6. The first-order chi connectivity index (χ1) is 17.7. The number of pyridine rings is 2. The maximum atomic E-state index is 12.2. The number of methoxy groups -OCH3 is 1. The Labute approximate surface area is 214 Å². The van der Waals surface area contributed by atoms with Crippen molar-refractivity contribution >= 4 is 55.6 Å². The molecule has 4 aromatic rings. The quantitative estimate of drug-likeness (QED) is 0.227. The fraction of sp³-hybridized carbons (Fsp3) is 0.250. The molecule has 0 saturated carbocycles. The standard InChI is InChI=1S/C24H27N9O3S/c1-15-27-23-18(29-17-7-5-6-8-20(17)33(2)37(4,34)35)13-22(32-24(23)28-15)31-21-10-9-16(19(14-25)30-21)26-11-12-36-3/h5-10,13,26H,11-12H2,1-4H3,(H3,27,28,29,30,31,32). The third kappa shape index (κ3) is 5.88. The predicted molar refractivity (Wildman–Crippen MR) is 144 cm³/mol. The van der Waals surface area contributed by atoms with E-state index >= 15 is 0 Å². The number of aromatic amines is 1.